The molecule has 0 radical (unpaired) electrons. The highest BCUT2D eigenvalue weighted by atomic mass is 35.5. The maximum Gasteiger partial charge on any atom is 0.323 e. The number of aromatic nitrogens is 3. The summed E-state index contributed by atoms with van der Waals surface area (Å²) in [6, 6.07) is 27.4. The number of hydrogen-bond acceptors (Lipinski definition) is 9. The van der Waals surface area contributed by atoms with Crippen LogP contribution in [-0.4, -0.2) is 62.1 Å². The molecule has 1 aliphatic heterocycles. The molecule has 12 nitrogen and oxygen atoms in total. The van der Waals surface area contributed by atoms with Crippen molar-refractivity contribution in [2.24, 2.45) is 0 Å². The Balaban J connectivity index is 1.12. The predicted molar refractivity (Wildman–Crippen MR) is 217 cm³/mol. The molecule has 57 heavy (non-hydrogen) atoms. The van der Waals surface area contributed by atoms with Gasteiger partial charge in [0, 0.05) is 66.0 Å². The molecule has 3 heterocycles. The molecule has 2 aromatic heterocycles. The van der Waals surface area contributed by atoms with Crippen LogP contribution in [0.5, 0.6) is 5.75 Å². The summed E-state index contributed by atoms with van der Waals surface area (Å²) < 4.78 is 8.12. The number of halogens is 1. The number of benzene rings is 4. The van der Waals surface area contributed by atoms with Crippen LogP contribution in [0, 0.1) is 18.3 Å². The van der Waals surface area contributed by atoms with E-state index in [0.29, 0.717) is 40.4 Å². The Morgan fingerprint density at radius 2 is 1.81 bits per heavy atom. The zero-order chi connectivity index (χ0) is 39.9. The minimum Gasteiger partial charge on any atom is -0.489 e. The number of carboxylic acids is 1. The summed E-state index contributed by atoms with van der Waals surface area (Å²) in [5.41, 5.74) is 10.1. The normalized spacial score (nSPS) is 14.4. The third-order valence-corrected chi connectivity index (χ3v) is 10.6. The van der Waals surface area contributed by atoms with Gasteiger partial charge in [-0.1, -0.05) is 66.2 Å². The van der Waals surface area contributed by atoms with Crippen molar-refractivity contribution < 1.29 is 24.5 Å². The van der Waals surface area contributed by atoms with Crippen molar-refractivity contribution in [3.8, 4) is 34.1 Å². The highest BCUT2D eigenvalue weighted by Gasteiger charge is 2.21. The average Bonchev–Trinajstić information content (AvgIpc) is 3.84. The molecule has 2 unspecified atom stereocenters. The highest BCUT2D eigenvalue weighted by Crippen LogP contribution is 2.36. The molecule has 13 heteroatoms. The highest BCUT2D eigenvalue weighted by molar-refractivity contribution is 6.31. The van der Waals surface area contributed by atoms with Gasteiger partial charge in [-0.2, -0.15) is 10.4 Å². The van der Waals surface area contributed by atoms with Gasteiger partial charge in [-0.25, -0.2) is 0 Å². The second kappa shape index (κ2) is 17.8. The van der Waals surface area contributed by atoms with E-state index in [1.54, 1.807) is 18.3 Å². The quantitative estimate of drug-likeness (QED) is 0.0769. The second-order valence-electron chi connectivity index (χ2n) is 14.1. The third kappa shape index (κ3) is 9.14. The molecule has 0 saturated carbocycles. The van der Waals surface area contributed by atoms with Crippen LogP contribution < -0.4 is 20.7 Å². The fourth-order valence-corrected chi connectivity index (χ4v) is 7.42. The van der Waals surface area contributed by atoms with Crippen molar-refractivity contribution >= 4 is 34.4 Å². The molecule has 0 aliphatic carbocycles. The molecule has 1 saturated heterocycles. The summed E-state index contributed by atoms with van der Waals surface area (Å²) >= 11 is 6.87. The van der Waals surface area contributed by atoms with Crippen LogP contribution in [0.25, 0.3) is 33.2 Å². The summed E-state index contributed by atoms with van der Waals surface area (Å²) in [6.07, 6.45) is 6.43. The number of nitrogens with zero attached hydrogens (tertiary/aromatic N) is 4. The number of pyridine rings is 1. The van der Waals surface area contributed by atoms with Crippen LogP contribution in [0.3, 0.4) is 0 Å². The van der Waals surface area contributed by atoms with Gasteiger partial charge in [-0.05, 0) is 76.6 Å². The Bertz CT molecular complexity index is 2460. The van der Waals surface area contributed by atoms with Crippen LogP contribution in [0.4, 0.5) is 0 Å². The zero-order valence-corrected chi connectivity index (χ0v) is 32.1. The van der Waals surface area contributed by atoms with Gasteiger partial charge in [0.05, 0.1) is 30.4 Å². The Morgan fingerprint density at radius 1 is 1.02 bits per heavy atom. The predicted octanol–water partition coefficient (Wildman–Crippen LogP) is 6.13. The molecular formula is C44H42ClN7O5. The average molecular weight is 784 g/mol. The van der Waals surface area contributed by atoms with E-state index in [9.17, 15) is 25.1 Å². The fraction of sp³-hybridized carbons (Fsp3) is 0.250. The van der Waals surface area contributed by atoms with Crippen LogP contribution in [0.1, 0.15) is 46.2 Å². The van der Waals surface area contributed by atoms with Crippen LogP contribution >= 0.6 is 11.6 Å². The Hall–Kier alpha value is -6.10. The first-order chi connectivity index (χ1) is 27.7. The van der Waals surface area contributed by atoms with Gasteiger partial charge in [0.2, 0.25) is 5.91 Å². The maximum atomic E-state index is 11.6. The minimum absolute atomic E-state index is 0.0690. The van der Waals surface area contributed by atoms with Gasteiger partial charge >= 0.3 is 5.97 Å². The largest absolute Gasteiger partial charge is 0.489 e. The first kappa shape index (κ1) is 39.1. The smallest absolute Gasteiger partial charge is 0.323 e. The number of aliphatic carboxylic acids is 1. The Kier molecular flexibility index (Phi) is 12.2. The molecule has 0 spiro atoms. The number of ether oxygens (including phenoxy) is 1. The summed E-state index contributed by atoms with van der Waals surface area (Å²) in [7, 11) is 0. The van der Waals surface area contributed by atoms with E-state index in [-0.39, 0.29) is 25.1 Å². The first-order valence-electron chi connectivity index (χ1n) is 18.7. The number of nitriles is 1. The molecule has 7 rings (SSSR count). The van der Waals surface area contributed by atoms with E-state index in [0.717, 1.165) is 63.8 Å². The lowest BCUT2D eigenvalue weighted by Crippen LogP contribution is -2.39. The SMILES string of the molecule is Cc1c(-c2ccc(CNCC3CCC(=O)N3)cc2)cccc1-c1cccc2c1cnn2Cc1cc(OCc2cncc(C#N)c2)c(CNC(CO)C(=O)O)cc1Cl. The summed E-state index contributed by atoms with van der Waals surface area (Å²) in [5.74, 6) is -0.596. The molecular weight excluding hydrogens is 742 g/mol. The van der Waals surface area contributed by atoms with Crippen molar-refractivity contribution in [2.45, 2.75) is 58.1 Å². The molecule has 290 valence electrons. The molecule has 1 fully saturated rings. The number of carbonyl (C=O) groups is 2. The van der Waals surface area contributed by atoms with Crippen molar-refractivity contribution in [2.75, 3.05) is 13.2 Å². The minimum atomic E-state index is -1.18. The number of rotatable bonds is 16. The summed E-state index contributed by atoms with van der Waals surface area (Å²) in [6.45, 7) is 3.54. The number of carboxylic acid groups (broad SMARTS) is 1. The van der Waals surface area contributed by atoms with Gasteiger partial charge in [0.25, 0.3) is 0 Å². The topological polar surface area (TPSA) is 174 Å². The monoisotopic (exact) mass is 783 g/mol. The molecule has 4 aromatic carbocycles. The van der Waals surface area contributed by atoms with Crippen LogP contribution in [-0.2, 0) is 35.8 Å². The Labute approximate surface area is 335 Å². The second-order valence-corrected chi connectivity index (χ2v) is 14.5. The van der Waals surface area contributed by atoms with Crippen molar-refractivity contribution in [3.63, 3.8) is 0 Å². The zero-order valence-electron chi connectivity index (χ0n) is 31.3. The number of hydrogen-bond donors (Lipinski definition) is 5. The van der Waals surface area contributed by atoms with Crippen molar-refractivity contribution in [3.05, 3.63) is 136 Å². The molecule has 5 N–H and O–H groups in total. The van der Waals surface area contributed by atoms with Crippen molar-refractivity contribution in [1.82, 2.24) is 30.7 Å². The lowest BCUT2D eigenvalue weighted by molar-refractivity contribution is -0.140. The van der Waals surface area contributed by atoms with E-state index < -0.39 is 18.6 Å². The summed E-state index contributed by atoms with van der Waals surface area (Å²) in [4.78, 5) is 27.2. The van der Waals surface area contributed by atoms with E-state index in [1.165, 1.54) is 11.8 Å². The molecule has 0 bridgehead atoms. The number of carbonyl (C=O) groups excluding carboxylic acids is 1. The van der Waals surface area contributed by atoms with Crippen molar-refractivity contribution in [1.29, 1.82) is 5.26 Å². The molecule has 1 amide bonds. The van der Waals surface area contributed by atoms with Gasteiger partial charge in [0.1, 0.15) is 24.5 Å². The van der Waals surface area contributed by atoms with Gasteiger partial charge < -0.3 is 25.6 Å². The molecule has 6 aromatic rings. The lowest BCUT2D eigenvalue weighted by Gasteiger charge is -2.18. The van der Waals surface area contributed by atoms with Gasteiger partial charge in [-0.3, -0.25) is 24.6 Å². The lowest BCUT2D eigenvalue weighted by atomic mass is 9.91. The number of nitrogens with one attached hydrogen (secondary N) is 3. The van der Waals surface area contributed by atoms with E-state index in [2.05, 4.69) is 82.5 Å². The first-order valence-corrected chi connectivity index (χ1v) is 19.1. The van der Waals surface area contributed by atoms with E-state index in [4.69, 9.17) is 21.4 Å². The fourth-order valence-electron chi connectivity index (χ4n) is 7.17. The van der Waals surface area contributed by atoms with E-state index in [1.807, 2.05) is 29.1 Å². The number of fused-ring (bicyclic) bond motifs is 1. The van der Waals surface area contributed by atoms with Crippen LogP contribution in [0.2, 0.25) is 5.02 Å². The standard InChI is InChI=1S/C44H42ClN7O5/c1-27-35(31-10-8-28(9-11-31)18-48-22-34-12-13-43(54)51-34)4-2-5-36(27)37-6-3-7-41-38(37)23-50-52(41)24-33-16-42(57-26-30-14-29(17-46)19-47-20-30)32(15-39(33)45)21-49-40(25-53)44(55)56/h2-11,14-16,19-20,23,34,40,48-49,53H,12-13,18,21-22,24-26H2,1H3,(H,51,54)(H,55,56). The summed E-state index contributed by atoms with van der Waals surface area (Å²) in [5, 5.41) is 43.9. The van der Waals surface area contributed by atoms with E-state index >= 15 is 0 Å². The maximum absolute atomic E-state index is 11.6. The van der Waals surface area contributed by atoms with Gasteiger partial charge in [-0.15, -0.1) is 0 Å². The van der Waals surface area contributed by atoms with Gasteiger partial charge in [0.15, 0.2) is 0 Å². The number of amides is 1. The number of aliphatic hydroxyl groups excluding tert-OH is 1. The third-order valence-electron chi connectivity index (χ3n) is 10.3. The molecule has 2 atom stereocenters. The molecule has 1 aliphatic rings. The van der Waals surface area contributed by atoms with Crippen LogP contribution in [0.15, 0.2) is 97.5 Å². The Morgan fingerprint density at radius 3 is 2.56 bits per heavy atom. The number of aliphatic hydroxyl groups is 1.